The molecule has 4 rings (SSSR count). The average molecular weight is 391 g/mol. The zero-order chi connectivity index (χ0) is 19.7. The maximum absolute atomic E-state index is 12.3. The summed E-state index contributed by atoms with van der Waals surface area (Å²) < 4.78 is 10.6. The maximum atomic E-state index is 12.3. The number of pyridine rings is 1. The maximum Gasteiger partial charge on any atom is 0.234 e. The molecule has 0 aliphatic carbocycles. The Bertz CT molecular complexity index is 1140. The number of nitrogens with one attached hydrogen (secondary N) is 1. The van der Waals surface area contributed by atoms with Crippen LogP contribution >= 0.6 is 11.8 Å². The largest absolute Gasteiger partial charge is 0.454 e. The van der Waals surface area contributed by atoms with Crippen LogP contribution in [0.25, 0.3) is 10.9 Å². The summed E-state index contributed by atoms with van der Waals surface area (Å²) in [6.45, 7) is 4.25. The number of hydrogen-bond donors (Lipinski definition) is 1. The molecule has 2 aromatic carbocycles. The van der Waals surface area contributed by atoms with Crippen molar-refractivity contribution >= 4 is 34.3 Å². The van der Waals surface area contributed by atoms with Crippen LogP contribution in [0.4, 0.5) is 5.69 Å². The number of nitriles is 1. The summed E-state index contributed by atoms with van der Waals surface area (Å²) in [5.41, 5.74) is 4.22. The zero-order valence-electron chi connectivity index (χ0n) is 15.4. The van der Waals surface area contributed by atoms with Crippen LogP contribution in [-0.4, -0.2) is 23.4 Å². The van der Waals surface area contributed by atoms with E-state index in [0.717, 1.165) is 22.0 Å². The second-order valence-electron chi connectivity index (χ2n) is 6.49. The van der Waals surface area contributed by atoms with E-state index in [1.165, 1.54) is 11.8 Å². The van der Waals surface area contributed by atoms with Gasteiger partial charge >= 0.3 is 0 Å². The van der Waals surface area contributed by atoms with Crippen molar-refractivity contribution in [3.8, 4) is 17.6 Å². The van der Waals surface area contributed by atoms with Gasteiger partial charge in [0.25, 0.3) is 0 Å². The molecule has 6 nitrogen and oxygen atoms in total. The molecule has 0 saturated heterocycles. The van der Waals surface area contributed by atoms with Crippen LogP contribution in [0.15, 0.2) is 41.4 Å². The lowest BCUT2D eigenvalue weighted by Gasteiger charge is -2.09. The fourth-order valence-electron chi connectivity index (χ4n) is 2.92. The number of carbonyl (C=O) groups is 1. The van der Waals surface area contributed by atoms with Crippen molar-refractivity contribution in [2.75, 3.05) is 17.9 Å². The first-order chi connectivity index (χ1) is 13.5. The number of aromatic nitrogens is 1. The van der Waals surface area contributed by atoms with Gasteiger partial charge in [0.15, 0.2) is 11.5 Å². The number of thioether (sulfide) groups is 1. The van der Waals surface area contributed by atoms with Crippen molar-refractivity contribution in [2.45, 2.75) is 18.9 Å². The highest BCUT2D eigenvalue weighted by molar-refractivity contribution is 8.00. The van der Waals surface area contributed by atoms with Gasteiger partial charge in [0.2, 0.25) is 12.7 Å². The van der Waals surface area contributed by atoms with E-state index in [-0.39, 0.29) is 18.5 Å². The fraction of sp³-hybridized carbons (Fsp3) is 0.190. The van der Waals surface area contributed by atoms with Crippen LogP contribution in [0.3, 0.4) is 0 Å². The van der Waals surface area contributed by atoms with Crippen LogP contribution < -0.4 is 14.8 Å². The molecule has 1 N–H and O–H groups in total. The highest BCUT2D eigenvalue weighted by Crippen LogP contribution is 2.34. The molecule has 0 atom stereocenters. The molecule has 1 amide bonds. The number of hydrogen-bond acceptors (Lipinski definition) is 6. The smallest absolute Gasteiger partial charge is 0.234 e. The van der Waals surface area contributed by atoms with E-state index < -0.39 is 0 Å². The van der Waals surface area contributed by atoms with Crippen molar-refractivity contribution in [1.82, 2.24) is 4.98 Å². The number of fused-ring (bicyclic) bond motifs is 2. The van der Waals surface area contributed by atoms with Crippen LogP contribution in [-0.2, 0) is 4.79 Å². The Balaban J connectivity index is 1.49. The summed E-state index contributed by atoms with van der Waals surface area (Å²) >= 11 is 1.25. The summed E-state index contributed by atoms with van der Waals surface area (Å²) in [5.74, 6) is 1.23. The standard InChI is InChI=1S/C21H17N3O3S/c1-12-5-14-7-15(9-22)21(24-17(14)6-13(12)2)28-10-20(25)23-16-3-4-18-19(8-16)27-11-26-18/h3-8H,10-11H2,1-2H3,(H,23,25). The van der Waals surface area contributed by atoms with Crippen molar-refractivity contribution in [3.63, 3.8) is 0 Å². The van der Waals surface area contributed by atoms with Crippen LogP contribution in [0, 0.1) is 25.2 Å². The number of benzene rings is 2. The molecule has 140 valence electrons. The summed E-state index contributed by atoms with van der Waals surface area (Å²) in [5, 5.41) is 13.8. The van der Waals surface area contributed by atoms with E-state index in [0.29, 0.717) is 27.8 Å². The molecule has 0 unspecified atom stereocenters. The van der Waals surface area contributed by atoms with E-state index >= 15 is 0 Å². The van der Waals surface area contributed by atoms with Gasteiger partial charge in [-0.3, -0.25) is 4.79 Å². The zero-order valence-corrected chi connectivity index (χ0v) is 16.2. The minimum Gasteiger partial charge on any atom is -0.454 e. The highest BCUT2D eigenvalue weighted by Gasteiger charge is 2.15. The Labute approximate surface area is 166 Å². The molecular weight excluding hydrogens is 374 g/mol. The van der Waals surface area contributed by atoms with Crippen LogP contribution in [0.2, 0.25) is 0 Å². The molecular formula is C21H17N3O3S. The lowest BCUT2D eigenvalue weighted by atomic mass is 10.1. The first kappa shape index (κ1) is 18.1. The Kier molecular flexibility index (Phi) is 4.80. The van der Waals surface area contributed by atoms with Gasteiger partial charge in [0.1, 0.15) is 11.1 Å². The molecule has 7 heteroatoms. The number of nitrogens with zero attached hydrogens (tertiary/aromatic N) is 2. The number of anilines is 1. The molecule has 1 aliphatic heterocycles. The number of aryl methyl sites for hydroxylation is 2. The first-order valence-corrected chi connectivity index (χ1v) is 9.66. The lowest BCUT2D eigenvalue weighted by Crippen LogP contribution is -2.14. The Morgan fingerprint density at radius 2 is 1.96 bits per heavy atom. The van der Waals surface area contributed by atoms with Crippen molar-refractivity contribution < 1.29 is 14.3 Å². The van der Waals surface area contributed by atoms with Crippen LogP contribution in [0.5, 0.6) is 11.5 Å². The molecule has 1 aromatic heterocycles. The minimum absolute atomic E-state index is 0.145. The summed E-state index contributed by atoms with van der Waals surface area (Å²) in [6.07, 6.45) is 0. The Morgan fingerprint density at radius 1 is 1.18 bits per heavy atom. The molecule has 3 aromatic rings. The molecule has 28 heavy (non-hydrogen) atoms. The van der Waals surface area contributed by atoms with Crippen LogP contribution in [0.1, 0.15) is 16.7 Å². The molecule has 0 spiro atoms. The van der Waals surface area contributed by atoms with Crippen molar-refractivity contribution in [3.05, 3.63) is 53.1 Å². The van der Waals surface area contributed by atoms with E-state index in [9.17, 15) is 10.1 Å². The Morgan fingerprint density at radius 3 is 2.79 bits per heavy atom. The van der Waals surface area contributed by atoms with Gasteiger partial charge in [0, 0.05) is 17.1 Å². The van der Waals surface area contributed by atoms with Gasteiger partial charge < -0.3 is 14.8 Å². The third kappa shape index (κ3) is 3.59. The summed E-state index contributed by atoms with van der Waals surface area (Å²) in [4.78, 5) is 16.9. The number of ether oxygens (including phenoxy) is 2. The molecule has 2 heterocycles. The molecule has 0 fully saturated rings. The van der Waals surface area contributed by atoms with Gasteiger partial charge in [-0.1, -0.05) is 11.8 Å². The van der Waals surface area contributed by atoms with Gasteiger partial charge in [-0.05, 0) is 55.3 Å². The second-order valence-corrected chi connectivity index (χ2v) is 7.45. The summed E-state index contributed by atoms with van der Waals surface area (Å²) in [6, 6.07) is 13.3. The second kappa shape index (κ2) is 7.41. The predicted octanol–water partition coefficient (Wildman–Crippen LogP) is 4.18. The molecule has 0 radical (unpaired) electrons. The van der Waals surface area contributed by atoms with E-state index in [2.05, 4.69) is 16.4 Å². The van der Waals surface area contributed by atoms with E-state index in [4.69, 9.17) is 9.47 Å². The molecule has 0 saturated carbocycles. The topological polar surface area (TPSA) is 84.2 Å². The number of rotatable bonds is 4. The van der Waals surface area contributed by atoms with Crippen molar-refractivity contribution in [1.29, 1.82) is 5.26 Å². The monoisotopic (exact) mass is 391 g/mol. The Hall–Kier alpha value is -3.24. The third-order valence-corrected chi connectivity index (χ3v) is 5.50. The van der Waals surface area contributed by atoms with Gasteiger partial charge in [-0.2, -0.15) is 5.26 Å². The van der Waals surface area contributed by atoms with Crippen molar-refractivity contribution in [2.24, 2.45) is 0 Å². The third-order valence-electron chi connectivity index (χ3n) is 4.51. The minimum atomic E-state index is -0.185. The van der Waals surface area contributed by atoms with Gasteiger partial charge in [0.05, 0.1) is 16.8 Å². The highest BCUT2D eigenvalue weighted by atomic mass is 32.2. The average Bonchev–Trinajstić information content (AvgIpc) is 3.14. The first-order valence-electron chi connectivity index (χ1n) is 8.68. The SMILES string of the molecule is Cc1cc2cc(C#N)c(SCC(=O)Nc3ccc4c(c3)OCO4)nc2cc1C. The molecule has 0 bridgehead atoms. The number of amides is 1. The number of carbonyl (C=O) groups excluding carboxylic acids is 1. The predicted molar refractivity (Wildman–Crippen MR) is 108 cm³/mol. The normalized spacial score (nSPS) is 12.0. The van der Waals surface area contributed by atoms with Gasteiger partial charge in [-0.15, -0.1) is 0 Å². The van der Waals surface area contributed by atoms with E-state index in [1.807, 2.05) is 32.0 Å². The van der Waals surface area contributed by atoms with Gasteiger partial charge in [-0.25, -0.2) is 4.98 Å². The quantitative estimate of drug-likeness (QED) is 0.672. The van der Waals surface area contributed by atoms with E-state index in [1.54, 1.807) is 18.2 Å². The summed E-state index contributed by atoms with van der Waals surface area (Å²) in [7, 11) is 0. The molecule has 1 aliphatic rings. The lowest BCUT2D eigenvalue weighted by molar-refractivity contribution is -0.113. The fourth-order valence-corrected chi connectivity index (χ4v) is 3.68.